The summed E-state index contributed by atoms with van der Waals surface area (Å²) in [5.74, 6) is 0.0558. The second-order valence-corrected chi connectivity index (χ2v) is 5.23. The molecule has 0 aliphatic heterocycles. The number of carbonyl (C=O) groups is 1. The molecule has 0 saturated heterocycles. The molecule has 0 atom stereocenters. The van der Waals surface area contributed by atoms with E-state index in [-0.39, 0.29) is 25.4 Å². The van der Waals surface area contributed by atoms with Crippen molar-refractivity contribution in [2.24, 2.45) is 0 Å². The van der Waals surface area contributed by atoms with Crippen LogP contribution in [0.4, 0.5) is 13.2 Å². The van der Waals surface area contributed by atoms with Crippen molar-refractivity contribution >= 4 is 5.91 Å². The summed E-state index contributed by atoms with van der Waals surface area (Å²) in [6, 6.07) is 7.74. The quantitative estimate of drug-likeness (QED) is 0.827. The van der Waals surface area contributed by atoms with Crippen molar-refractivity contribution in [3.05, 3.63) is 47.3 Å². The number of aromatic nitrogens is 2. The van der Waals surface area contributed by atoms with Gasteiger partial charge in [-0.1, -0.05) is 12.1 Å². The van der Waals surface area contributed by atoms with Crippen molar-refractivity contribution in [1.29, 1.82) is 0 Å². The SMILES string of the molecule is COCCN(Cc1ccc(OC)cc1)C(=O)c1cc(C(F)(F)F)[nH]n1. The average Bonchev–Trinajstić information content (AvgIpc) is 3.09. The molecular weight excluding hydrogens is 339 g/mol. The number of hydrogen-bond acceptors (Lipinski definition) is 4. The van der Waals surface area contributed by atoms with Gasteiger partial charge in [0.05, 0.1) is 13.7 Å². The molecule has 25 heavy (non-hydrogen) atoms. The molecule has 0 radical (unpaired) electrons. The largest absolute Gasteiger partial charge is 0.497 e. The predicted molar refractivity (Wildman–Crippen MR) is 83.2 cm³/mol. The Bertz CT molecular complexity index is 699. The van der Waals surface area contributed by atoms with Gasteiger partial charge in [0.25, 0.3) is 5.91 Å². The van der Waals surface area contributed by atoms with Gasteiger partial charge in [-0.2, -0.15) is 18.3 Å². The highest BCUT2D eigenvalue weighted by Gasteiger charge is 2.34. The summed E-state index contributed by atoms with van der Waals surface area (Å²) in [7, 11) is 3.02. The van der Waals surface area contributed by atoms with Gasteiger partial charge in [0.1, 0.15) is 11.4 Å². The Morgan fingerprint density at radius 2 is 1.92 bits per heavy atom. The fraction of sp³-hybridized carbons (Fsp3) is 0.375. The zero-order valence-electron chi connectivity index (χ0n) is 13.8. The van der Waals surface area contributed by atoms with E-state index in [1.807, 2.05) is 5.10 Å². The zero-order chi connectivity index (χ0) is 18.4. The highest BCUT2D eigenvalue weighted by Crippen LogP contribution is 2.28. The third-order valence-corrected chi connectivity index (χ3v) is 3.49. The van der Waals surface area contributed by atoms with Gasteiger partial charge in [-0.05, 0) is 17.7 Å². The molecule has 0 saturated carbocycles. The van der Waals surface area contributed by atoms with Gasteiger partial charge < -0.3 is 14.4 Å². The number of benzene rings is 1. The van der Waals surface area contributed by atoms with Crippen molar-refractivity contribution in [1.82, 2.24) is 15.1 Å². The predicted octanol–water partition coefficient (Wildman–Crippen LogP) is 2.73. The van der Waals surface area contributed by atoms with Crippen molar-refractivity contribution in [2.45, 2.75) is 12.7 Å². The van der Waals surface area contributed by atoms with E-state index in [2.05, 4.69) is 5.10 Å². The van der Waals surface area contributed by atoms with Crippen LogP contribution in [0.2, 0.25) is 0 Å². The summed E-state index contributed by atoms with van der Waals surface area (Å²) in [6.07, 6.45) is -4.58. The summed E-state index contributed by atoms with van der Waals surface area (Å²) in [5.41, 5.74) is -0.555. The van der Waals surface area contributed by atoms with E-state index in [9.17, 15) is 18.0 Å². The van der Waals surface area contributed by atoms with Gasteiger partial charge in [0.15, 0.2) is 5.69 Å². The summed E-state index contributed by atoms with van der Waals surface area (Å²) < 4.78 is 48.0. The number of halogens is 3. The van der Waals surface area contributed by atoms with Crippen LogP contribution in [-0.2, 0) is 17.5 Å². The van der Waals surface area contributed by atoms with E-state index in [0.717, 1.165) is 5.56 Å². The Balaban J connectivity index is 2.17. The Morgan fingerprint density at radius 3 is 2.44 bits per heavy atom. The maximum Gasteiger partial charge on any atom is 0.432 e. The molecule has 2 aromatic rings. The normalized spacial score (nSPS) is 11.4. The van der Waals surface area contributed by atoms with Crippen LogP contribution in [0.25, 0.3) is 0 Å². The number of amides is 1. The first-order valence-corrected chi connectivity index (χ1v) is 7.39. The molecule has 136 valence electrons. The highest BCUT2D eigenvalue weighted by molar-refractivity contribution is 5.92. The van der Waals surface area contributed by atoms with Crippen LogP contribution >= 0.6 is 0 Å². The van der Waals surface area contributed by atoms with Crippen LogP contribution in [-0.4, -0.2) is 48.4 Å². The number of carbonyl (C=O) groups excluding carboxylic acids is 1. The maximum atomic E-state index is 12.7. The average molecular weight is 357 g/mol. The number of hydrogen-bond donors (Lipinski definition) is 1. The number of methoxy groups -OCH3 is 2. The third kappa shape index (κ3) is 4.96. The topological polar surface area (TPSA) is 67.5 Å². The Kier molecular flexibility index (Phi) is 6.02. The summed E-state index contributed by atoms with van der Waals surface area (Å²) in [4.78, 5) is 13.9. The number of nitrogens with one attached hydrogen (secondary N) is 1. The highest BCUT2D eigenvalue weighted by atomic mass is 19.4. The molecular formula is C16H18F3N3O3. The van der Waals surface area contributed by atoms with Crippen molar-refractivity contribution in [3.63, 3.8) is 0 Å². The van der Waals surface area contributed by atoms with Gasteiger partial charge in [-0.15, -0.1) is 0 Å². The zero-order valence-corrected chi connectivity index (χ0v) is 13.8. The van der Waals surface area contributed by atoms with Crippen LogP contribution in [0.3, 0.4) is 0 Å². The monoisotopic (exact) mass is 357 g/mol. The molecule has 1 aromatic carbocycles. The fourth-order valence-corrected chi connectivity index (χ4v) is 2.14. The Morgan fingerprint density at radius 1 is 1.24 bits per heavy atom. The van der Waals surface area contributed by atoms with Gasteiger partial charge in [-0.3, -0.25) is 9.89 Å². The lowest BCUT2D eigenvalue weighted by Crippen LogP contribution is -2.33. The van der Waals surface area contributed by atoms with Crippen molar-refractivity contribution in [2.75, 3.05) is 27.4 Å². The first-order chi connectivity index (χ1) is 11.8. The van der Waals surface area contributed by atoms with Gasteiger partial charge in [-0.25, -0.2) is 0 Å². The molecule has 9 heteroatoms. The van der Waals surface area contributed by atoms with E-state index in [0.29, 0.717) is 11.8 Å². The number of nitrogens with zero attached hydrogens (tertiary/aromatic N) is 2. The number of aromatic amines is 1. The molecule has 0 spiro atoms. The molecule has 1 aromatic heterocycles. The summed E-state index contributed by atoms with van der Waals surface area (Å²) in [6.45, 7) is 0.675. The lowest BCUT2D eigenvalue weighted by molar-refractivity contribution is -0.141. The smallest absolute Gasteiger partial charge is 0.432 e. The van der Waals surface area contributed by atoms with Crippen LogP contribution in [0.1, 0.15) is 21.7 Å². The van der Waals surface area contributed by atoms with Gasteiger partial charge in [0, 0.05) is 26.3 Å². The molecule has 0 unspecified atom stereocenters. The molecule has 6 nitrogen and oxygen atoms in total. The number of rotatable bonds is 7. The van der Waals surface area contributed by atoms with E-state index in [1.165, 1.54) is 12.0 Å². The van der Waals surface area contributed by atoms with Gasteiger partial charge >= 0.3 is 6.18 Å². The lowest BCUT2D eigenvalue weighted by Gasteiger charge is -2.21. The second kappa shape index (κ2) is 8.02. The number of ether oxygens (including phenoxy) is 2. The van der Waals surface area contributed by atoms with E-state index < -0.39 is 17.8 Å². The minimum absolute atomic E-state index is 0.209. The van der Waals surface area contributed by atoms with Crippen molar-refractivity contribution in [3.8, 4) is 5.75 Å². The van der Waals surface area contributed by atoms with Crippen LogP contribution < -0.4 is 4.74 Å². The van der Waals surface area contributed by atoms with Crippen molar-refractivity contribution < 1.29 is 27.4 Å². The van der Waals surface area contributed by atoms with Gasteiger partial charge in [0.2, 0.25) is 0 Å². The number of H-pyrrole nitrogens is 1. The molecule has 1 amide bonds. The maximum absolute atomic E-state index is 12.7. The Labute approximate surface area is 142 Å². The standard InChI is InChI=1S/C16H18F3N3O3/c1-24-8-7-22(10-11-3-5-12(25-2)6-4-11)15(23)13-9-14(21-20-13)16(17,18)19/h3-6,9H,7-8,10H2,1-2H3,(H,20,21). The van der Waals surface area contributed by atoms with E-state index >= 15 is 0 Å². The molecule has 0 fully saturated rings. The Hall–Kier alpha value is -2.55. The summed E-state index contributed by atoms with van der Waals surface area (Å²) >= 11 is 0. The molecule has 1 N–H and O–H groups in total. The lowest BCUT2D eigenvalue weighted by atomic mass is 10.2. The number of alkyl halides is 3. The van der Waals surface area contributed by atoms with E-state index in [4.69, 9.17) is 9.47 Å². The molecule has 1 heterocycles. The van der Waals surface area contributed by atoms with E-state index in [1.54, 1.807) is 31.4 Å². The summed E-state index contributed by atoms with van der Waals surface area (Å²) in [5, 5.41) is 5.33. The molecule has 2 rings (SSSR count). The minimum Gasteiger partial charge on any atom is -0.497 e. The van der Waals surface area contributed by atoms with Crippen LogP contribution in [0, 0.1) is 0 Å². The molecule has 0 aliphatic rings. The third-order valence-electron chi connectivity index (χ3n) is 3.49. The second-order valence-electron chi connectivity index (χ2n) is 5.23. The van der Waals surface area contributed by atoms with Crippen LogP contribution in [0.15, 0.2) is 30.3 Å². The first-order valence-electron chi connectivity index (χ1n) is 7.39. The van der Waals surface area contributed by atoms with Crippen LogP contribution in [0.5, 0.6) is 5.75 Å². The molecule has 0 aliphatic carbocycles. The fourth-order valence-electron chi connectivity index (χ4n) is 2.14. The molecule has 0 bridgehead atoms. The first kappa shape index (κ1) is 18.8. The minimum atomic E-state index is -4.58.